The van der Waals surface area contributed by atoms with Crippen LogP contribution in [-0.2, 0) is 14.3 Å². The summed E-state index contributed by atoms with van der Waals surface area (Å²) in [4.78, 5) is 28.8. The fourth-order valence-electron chi connectivity index (χ4n) is 3.17. The van der Waals surface area contributed by atoms with Crippen molar-refractivity contribution in [3.63, 3.8) is 0 Å². The minimum Gasteiger partial charge on any atom is -0.479 e. The van der Waals surface area contributed by atoms with E-state index in [1.54, 1.807) is 11.8 Å². The summed E-state index contributed by atoms with van der Waals surface area (Å²) in [6, 6.07) is 15.4. The van der Waals surface area contributed by atoms with Gasteiger partial charge in [0.1, 0.15) is 11.6 Å². The fourth-order valence-corrected chi connectivity index (χ4v) is 3.17. The third-order valence-electron chi connectivity index (χ3n) is 4.81. The van der Waals surface area contributed by atoms with Crippen LogP contribution in [0.4, 0.5) is 10.1 Å². The van der Waals surface area contributed by atoms with Crippen molar-refractivity contribution < 1.29 is 23.5 Å². The van der Waals surface area contributed by atoms with Crippen LogP contribution in [0.15, 0.2) is 54.6 Å². The number of anilines is 1. The molecule has 2 aromatic carbocycles. The lowest BCUT2D eigenvalue weighted by Gasteiger charge is -2.37. The van der Waals surface area contributed by atoms with Crippen LogP contribution in [-0.4, -0.2) is 55.2 Å². The van der Waals surface area contributed by atoms with Crippen LogP contribution in [0.1, 0.15) is 13.8 Å². The zero-order valence-electron chi connectivity index (χ0n) is 16.6. The molecule has 0 aromatic heterocycles. The molecule has 0 radical (unpaired) electrons. The van der Waals surface area contributed by atoms with Crippen molar-refractivity contribution in [1.82, 2.24) is 4.90 Å². The zero-order chi connectivity index (χ0) is 20.8. The molecule has 0 aliphatic carbocycles. The average molecular weight is 400 g/mol. The number of halogens is 1. The number of carbonyl (C=O) groups is 2. The molecule has 1 saturated heterocycles. The summed E-state index contributed by atoms with van der Waals surface area (Å²) >= 11 is 0. The van der Waals surface area contributed by atoms with Crippen LogP contribution in [0.5, 0.6) is 5.75 Å². The summed E-state index contributed by atoms with van der Waals surface area (Å²) in [5.41, 5.74) is 1.13. The maximum atomic E-state index is 12.9. The van der Waals surface area contributed by atoms with E-state index >= 15 is 0 Å². The summed E-state index contributed by atoms with van der Waals surface area (Å²) in [6.45, 7) is 5.67. The smallest absolute Gasteiger partial charge is 0.347 e. The monoisotopic (exact) mass is 400 g/mol. The van der Waals surface area contributed by atoms with Gasteiger partial charge in [-0.25, -0.2) is 9.18 Å². The van der Waals surface area contributed by atoms with Gasteiger partial charge in [0.15, 0.2) is 12.2 Å². The first-order valence-electron chi connectivity index (χ1n) is 9.65. The molecular formula is C22H25FN2O4. The van der Waals surface area contributed by atoms with E-state index in [-0.39, 0.29) is 11.7 Å². The Bertz CT molecular complexity index is 820. The number of carbonyl (C=O) groups excluding carboxylic acids is 2. The summed E-state index contributed by atoms with van der Waals surface area (Å²) in [5, 5.41) is 0. The molecule has 0 N–H and O–H groups in total. The van der Waals surface area contributed by atoms with Crippen LogP contribution in [0, 0.1) is 5.82 Å². The van der Waals surface area contributed by atoms with Crippen LogP contribution >= 0.6 is 0 Å². The predicted octanol–water partition coefficient (Wildman–Crippen LogP) is 2.87. The Balaban J connectivity index is 1.47. The van der Waals surface area contributed by atoms with Gasteiger partial charge in [0.2, 0.25) is 0 Å². The van der Waals surface area contributed by atoms with Gasteiger partial charge in [-0.1, -0.05) is 18.2 Å². The molecular weight excluding hydrogens is 375 g/mol. The standard InChI is InChI=1S/C22H25FN2O4/c1-16(29-22(27)17(2)28-20-10-8-18(23)9-11-20)21(26)25-14-12-24(13-15-25)19-6-4-3-5-7-19/h3-11,16-17H,12-15H2,1-2H3/t16-,17-/m1/s1. The van der Waals surface area contributed by atoms with Crippen molar-refractivity contribution in [3.05, 3.63) is 60.4 Å². The Labute approximate surface area is 169 Å². The third-order valence-corrected chi connectivity index (χ3v) is 4.81. The SMILES string of the molecule is C[C@@H](Oc1ccc(F)cc1)C(=O)O[C@H](C)C(=O)N1CCN(c2ccccc2)CC1. The van der Waals surface area contributed by atoms with Crippen LogP contribution in [0.25, 0.3) is 0 Å². The Morgan fingerprint density at radius 2 is 1.52 bits per heavy atom. The molecule has 1 aliphatic rings. The zero-order valence-corrected chi connectivity index (χ0v) is 16.6. The molecule has 1 aliphatic heterocycles. The van der Waals surface area contributed by atoms with Gasteiger partial charge in [0, 0.05) is 31.9 Å². The second-order valence-electron chi connectivity index (χ2n) is 6.94. The number of rotatable bonds is 6. The number of esters is 1. The summed E-state index contributed by atoms with van der Waals surface area (Å²) in [6.07, 6.45) is -1.81. The molecule has 1 fully saturated rings. The Kier molecular flexibility index (Phi) is 6.69. The molecule has 1 amide bonds. The molecule has 154 valence electrons. The molecule has 0 spiro atoms. The molecule has 2 aromatic rings. The maximum absolute atomic E-state index is 12.9. The Morgan fingerprint density at radius 1 is 0.897 bits per heavy atom. The van der Waals surface area contributed by atoms with E-state index < -0.39 is 18.2 Å². The highest BCUT2D eigenvalue weighted by molar-refractivity contribution is 5.84. The second kappa shape index (κ2) is 9.41. The third kappa shape index (κ3) is 5.47. The number of benzene rings is 2. The molecule has 0 saturated carbocycles. The number of para-hydroxylation sites is 1. The van der Waals surface area contributed by atoms with E-state index in [0.717, 1.165) is 18.8 Å². The van der Waals surface area contributed by atoms with Crippen molar-refractivity contribution in [3.8, 4) is 5.75 Å². The van der Waals surface area contributed by atoms with Gasteiger partial charge in [0.05, 0.1) is 0 Å². The van der Waals surface area contributed by atoms with E-state index in [2.05, 4.69) is 4.90 Å². The van der Waals surface area contributed by atoms with E-state index in [1.165, 1.54) is 31.2 Å². The van der Waals surface area contributed by atoms with Gasteiger partial charge in [-0.2, -0.15) is 0 Å². The number of ether oxygens (including phenoxy) is 2. The van der Waals surface area contributed by atoms with Gasteiger partial charge in [-0.3, -0.25) is 4.79 Å². The summed E-state index contributed by atoms with van der Waals surface area (Å²) in [5.74, 6) is -0.899. The lowest BCUT2D eigenvalue weighted by Crippen LogP contribution is -2.52. The van der Waals surface area contributed by atoms with Crippen molar-refractivity contribution in [1.29, 1.82) is 0 Å². The van der Waals surface area contributed by atoms with Gasteiger partial charge < -0.3 is 19.3 Å². The van der Waals surface area contributed by atoms with E-state index in [0.29, 0.717) is 18.8 Å². The molecule has 1 heterocycles. The normalized spacial score (nSPS) is 16.1. The van der Waals surface area contributed by atoms with E-state index in [1.807, 2.05) is 30.3 Å². The number of hydrogen-bond acceptors (Lipinski definition) is 5. The van der Waals surface area contributed by atoms with Gasteiger partial charge in [0.25, 0.3) is 5.91 Å². The number of amides is 1. The first kappa shape index (κ1) is 20.6. The van der Waals surface area contributed by atoms with Crippen molar-refractivity contribution in [2.45, 2.75) is 26.1 Å². The lowest BCUT2D eigenvalue weighted by atomic mass is 10.2. The molecule has 3 rings (SSSR count). The van der Waals surface area contributed by atoms with Gasteiger partial charge in [-0.05, 0) is 50.2 Å². The Morgan fingerprint density at radius 3 is 2.14 bits per heavy atom. The van der Waals surface area contributed by atoms with Crippen LogP contribution in [0.3, 0.4) is 0 Å². The number of hydrogen-bond donors (Lipinski definition) is 0. The number of nitrogens with zero attached hydrogens (tertiary/aromatic N) is 2. The molecule has 0 bridgehead atoms. The lowest BCUT2D eigenvalue weighted by molar-refractivity contribution is -0.164. The van der Waals surface area contributed by atoms with Crippen molar-refractivity contribution >= 4 is 17.6 Å². The largest absolute Gasteiger partial charge is 0.479 e. The quantitative estimate of drug-likeness (QED) is 0.698. The van der Waals surface area contributed by atoms with E-state index in [4.69, 9.17) is 9.47 Å². The summed E-state index contributed by atoms with van der Waals surface area (Å²) < 4.78 is 23.7. The highest BCUT2D eigenvalue weighted by atomic mass is 19.1. The van der Waals surface area contributed by atoms with Crippen molar-refractivity contribution in [2.24, 2.45) is 0 Å². The van der Waals surface area contributed by atoms with E-state index in [9.17, 15) is 14.0 Å². The minimum atomic E-state index is -0.911. The van der Waals surface area contributed by atoms with Crippen molar-refractivity contribution in [2.75, 3.05) is 31.1 Å². The Hall–Kier alpha value is -3.09. The average Bonchev–Trinajstić information content (AvgIpc) is 2.75. The molecule has 7 heteroatoms. The topological polar surface area (TPSA) is 59.1 Å². The highest BCUT2D eigenvalue weighted by Gasteiger charge is 2.29. The molecule has 29 heavy (non-hydrogen) atoms. The second-order valence-corrected chi connectivity index (χ2v) is 6.94. The maximum Gasteiger partial charge on any atom is 0.347 e. The van der Waals surface area contributed by atoms with Gasteiger partial charge >= 0.3 is 5.97 Å². The minimum absolute atomic E-state index is 0.222. The predicted molar refractivity (Wildman–Crippen MR) is 107 cm³/mol. The van der Waals surface area contributed by atoms with Gasteiger partial charge in [-0.15, -0.1) is 0 Å². The summed E-state index contributed by atoms with van der Waals surface area (Å²) in [7, 11) is 0. The van der Waals surface area contributed by atoms with Crippen LogP contribution < -0.4 is 9.64 Å². The first-order chi connectivity index (χ1) is 13.9. The van der Waals surface area contributed by atoms with Crippen LogP contribution in [0.2, 0.25) is 0 Å². The molecule has 6 nitrogen and oxygen atoms in total. The highest BCUT2D eigenvalue weighted by Crippen LogP contribution is 2.17. The number of piperazine rings is 1. The molecule has 2 atom stereocenters. The fraction of sp³-hybridized carbons (Fsp3) is 0.364. The first-order valence-corrected chi connectivity index (χ1v) is 9.65. The molecule has 0 unspecified atom stereocenters.